The summed E-state index contributed by atoms with van der Waals surface area (Å²) in [6.45, 7) is 1.09. The fourth-order valence-electron chi connectivity index (χ4n) is 1.75. The molecule has 3 aromatic rings. The molecule has 2 heterocycles. The topological polar surface area (TPSA) is 85.4 Å². The Morgan fingerprint density at radius 1 is 1.39 bits per heavy atom. The van der Waals surface area contributed by atoms with E-state index in [1.165, 1.54) is 12.1 Å². The maximum atomic E-state index is 13.1. The van der Waals surface area contributed by atoms with Gasteiger partial charge in [0.05, 0.1) is 23.8 Å². The van der Waals surface area contributed by atoms with E-state index in [1.54, 1.807) is 16.9 Å². The third kappa shape index (κ3) is 1.84. The number of aromatic nitrogens is 5. The third-order valence-corrected chi connectivity index (χ3v) is 2.58. The normalized spacial score (nSPS) is 11.2. The number of H-pyrrole nitrogens is 1. The van der Waals surface area contributed by atoms with Gasteiger partial charge in [0, 0.05) is 6.54 Å². The summed E-state index contributed by atoms with van der Waals surface area (Å²) in [7, 11) is 0. The predicted molar refractivity (Wildman–Crippen MR) is 64.1 cm³/mol. The van der Waals surface area contributed by atoms with Crippen LogP contribution in [0, 0.1) is 5.82 Å². The summed E-state index contributed by atoms with van der Waals surface area (Å²) in [5.74, 6) is 0.267. The van der Waals surface area contributed by atoms with E-state index in [9.17, 15) is 4.39 Å². The van der Waals surface area contributed by atoms with Gasteiger partial charge in [-0.05, 0) is 18.2 Å². The lowest BCUT2D eigenvalue weighted by molar-refractivity contribution is 0.598. The molecule has 0 bridgehead atoms. The van der Waals surface area contributed by atoms with Gasteiger partial charge >= 0.3 is 0 Å². The Morgan fingerprint density at radius 2 is 2.28 bits per heavy atom. The van der Waals surface area contributed by atoms with Gasteiger partial charge in [0.1, 0.15) is 11.5 Å². The highest BCUT2D eigenvalue weighted by Crippen LogP contribution is 2.18. The summed E-state index contributed by atoms with van der Waals surface area (Å²) in [5, 5.41) is 7.92. The Kier molecular flexibility index (Phi) is 2.52. The van der Waals surface area contributed by atoms with Gasteiger partial charge in [-0.3, -0.25) is 4.68 Å². The number of fused-ring (bicyclic) bond motifs is 1. The Bertz CT molecular complexity index is 686. The van der Waals surface area contributed by atoms with Crippen LogP contribution in [0.3, 0.4) is 0 Å². The van der Waals surface area contributed by atoms with Crippen LogP contribution in [-0.2, 0) is 6.54 Å². The molecule has 6 nitrogen and oxygen atoms in total. The molecule has 0 spiro atoms. The molecule has 0 unspecified atom stereocenters. The van der Waals surface area contributed by atoms with Crippen molar-refractivity contribution < 1.29 is 4.39 Å². The van der Waals surface area contributed by atoms with E-state index in [0.717, 1.165) is 0 Å². The summed E-state index contributed by atoms with van der Waals surface area (Å²) >= 11 is 0. The van der Waals surface area contributed by atoms with Crippen molar-refractivity contribution in [2.45, 2.75) is 6.54 Å². The van der Waals surface area contributed by atoms with E-state index in [2.05, 4.69) is 20.3 Å². The van der Waals surface area contributed by atoms with Crippen LogP contribution >= 0.6 is 0 Å². The average Bonchev–Trinajstić information content (AvgIpc) is 2.94. The number of benzene rings is 1. The molecule has 0 atom stereocenters. The number of nitrogens with two attached hydrogens (primary N) is 1. The van der Waals surface area contributed by atoms with Crippen LogP contribution < -0.4 is 5.73 Å². The molecule has 0 saturated carbocycles. The quantitative estimate of drug-likeness (QED) is 0.719. The van der Waals surface area contributed by atoms with Crippen LogP contribution in [0.15, 0.2) is 24.4 Å². The smallest absolute Gasteiger partial charge is 0.160 e. The monoisotopic (exact) mass is 246 g/mol. The summed E-state index contributed by atoms with van der Waals surface area (Å²) in [4.78, 5) is 7.34. The summed E-state index contributed by atoms with van der Waals surface area (Å²) < 4.78 is 14.7. The van der Waals surface area contributed by atoms with E-state index in [0.29, 0.717) is 35.6 Å². The summed E-state index contributed by atoms with van der Waals surface area (Å²) in [6.07, 6.45) is 1.75. The molecule has 3 rings (SSSR count). The second kappa shape index (κ2) is 4.19. The van der Waals surface area contributed by atoms with Crippen molar-refractivity contribution >= 4 is 11.0 Å². The lowest BCUT2D eigenvalue weighted by Crippen LogP contribution is -2.10. The third-order valence-electron chi connectivity index (χ3n) is 2.58. The van der Waals surface area contributed by atoms with Gasteiger partial charge in [-0.15, -0.1) is 5.10 Å². The molecule has 0 fully saturated rings. The maximum absolute atomic E-state index is 13.1. The molecular weight excluding hydrogens is 235 g/mol. The number of hydrogen-bond donors (Lipinski definition) is 2. The van der Waals surface area contributed by atoms with Gasteiger partial charge in [0.2, 0.25) is 0 Å². The van der Waals surface area contributed by atoms with Crippen LogP contribution in [0.25, 0.3) is 22.6 Å². The Balaban J connectivity index is 2.02. The van der Waals surface area contributed by atoms with Gasteiger partial charge in [-0.1, -0.05) is 5.21 Å². The molecule has 2 aromatic heterocycles. The number of halogens is 1. The van der Waals surface area contributed by atoms with Crippen LogP contribution in [0.5, 0.6) is 0 Å². The maximum Gasteiger partial charge on any atom is 0.160 e. The second-order valence-electron chi connectivity index (χ2n) is 3.90. The van der Waals surface area contributed by atoms with Gasteiger partial charge in [-0.2, -0.15) is 0 Å². The fraction of sp³-hybridized carbons (Fsp3) is 0.182. The van der Waals surface area contributed by atoms with E-state index < -0.39 is 0 Å². The van der Waals surface area contributed by atoms with Crippen LogP contribution in [0.2, 0.25) is 0 Å². The van der Waals surface area contributed by atoms with Crippen molar-refractivity contribution in [3.05, 3.63) is 30.2 Å². The molecule has 1 aromatic carbocycles. The zero-order chi connectivity index (χ0) is 12.5. The molecule has 0 amide bonds. The van der Waals surface area contributed by atoms with Crippen LogP contribution in [-0.4, -0.2) is 31.5 Å². The van der Waals surface area contributed by atoms with Gasteiger partial charge < -0.3 is 10.7 Å². The molecule has 0 aliphatic heterocycles. The van der Waals surface area contributed by atoms with E-state index in [4.69, 9.17) is 5.73 Å². The van der Waals surface area contributed by atoms with E-state index >= 15 is 0 Å². The first kappa shape index (κ1) is 10.8. The number of hydrogen-bond acceptors (Lipinski definition) is 4. The predicted octanol–water partition coefficient (Wildman–Crippen LogP) is 0.919. The van der Waals surface area contributed by atoms with Crippen molar-refractivity contribution in [2.75, 3.05) is 6.54 Å². The number of rotatable bonds is 3. The first-order chi connectivity index (χ1) is 8.76. The summed E-state index contributed by atoms with van der Waals surface area (Å²) in [6, 6.07) is 4.39. The Labute approximate surface area is 102 Å². The van der Waals surface area contributed by atoms with Crippen molar-refractivity contribution in [1.29, 1.82) is 0 Å². The molecule has 0 aliphatic rings. The second-order valence-corrected chi connectivity index (χ2v) is 3.90. The molecule has 18 heavy (non-hydrogen) atoms. The lowest BCUT2D eigenvalue weighted by atomic mass is 10.3. The van der Waals surface area contributed by atoms with Gasteiger partial charge in [-0.25, -0.2) is 9.37 Å². The number of aromatic amines is 1. The van der Waals surface area contributed by atoms with E-state index in [-0.39, 0.29) is 5.82 Å². The zero-order valence-corrected chi connectivity index (χ0v) is 9.47. The Morgan fingerprint density at radius 3 is 3.11 bits per heavy atom. The van der Waals surface area contributed by atoms with Crippen LogP contribution in [0.1, 0.15) is 0 Å². The van der Waals surface area contributed by atoms with Crippen molar-refractivity contribution in [1.82, 2.24) is 25.0 Å². The fourth-order valence-corrected chi connectivity index (χ4v) is 1.75. The highest BCUT2D eigenvalue weighted by atomic mass is 19.1. The summed E-state index contributed by atoms with van der Waals surface area (Å²) in [5.41, 5.74) is 7.38. The minimum Gasteiger partial charge on any atom is -0.336 e. The molecule has 0 aliphatic carbocycles. The SMILES string of the molecule is NCCn1cc(-c2nc3ccc(F)cc3[nH]2)nn1. The standard InChI is InChI=1S/C11H11FN6/c12-7-1-2-8-9(5-7)15-11(14-8)10-6-18(4-3-13)17-16-10/h1-2,5-6H,3-4,13H2,(H,14,15). The number of imidazole rings is 1. The molecule has 92 valence electrons. The Hall–Kier alpha value is -2.28. The minimum absolute atomic E-state index is 0.301. The highest BCUT2D eigenvalue weighted by Gasteiger charge is 2.09. The lowest BCUT2D eigenvalue weighted by Gasteiger charge is -1.92. The molecule has 7 heteroatoms. The first-order valence-corrected chi connectivity index (χ1v) is 5.52. The van der Waals surface area contributed by atoms with Crippen LogP contribution in [0.4, 0.5) is 4.39 Å². The largest absolute Gasteiger partial charge is 0.336 e. The minimum atomic E-state index is -0.301. The molecule has 3 N–H and O–H groups in total. The molecule has 0 saturated heterocycles. The number of nitrogens with zero attached hydrogens (tertiary/aromatic N) is 4. The highest BCUT2D eigenvalue weighted by molar-refractivity contribution is 5.78. The van der Waals surface area contributed by atoms with Gasteiger partial charge in [0.25, 0.3) is 0 Å². The van der Waals surface area contributed by atoms with Crippen molar-refractivity contribution in [3.8, 4) is 11.5 Å². The average molecular weight is 246 g/mol. The molecular formula is C11H11FN6. The first-order valence-electron chi connectivity index (χ1n) is 5.52. The van der Waals surface area contributed by atoms with E-state index in [1.807, 2.05) is 0 Å². The van der Waals surface area contributed by atoms with Gasteiger partial charge in [0.15, 0.2) is 5.82 Å². The number of nitrogens with one attached hydrogen (secondary N) is 1. The van der Waals surface area contributed by atoms with Crippen molar-refractivity contribution in [2.24, 2.45) is 5.73 Å². The zero-order valence-electron chi connectivity index (χ0n) is 9.47. The molecule has 0 radical (unpaired) electrons. The van der Waals surface area contributed by atoms with Crippen molar-refractivity contribution in [3.63, 3.8) is 0 Å².